The Kier molecular flexibility index (Phi) is 4.24. The van der Waals surface area contributed by atoms with Gasteiger partial charge in [-0.3, -0.25) is 4.57 Å². The van der Waals surface area contributed by atoms with Crippen molar-refractivity contribution in [3.05, 3.63) is 29.0 Å². The zero-order valence-electron chi connectivity index (χ0n) is 11.0. The Bertz CT molecular complexity index is 533. The standard InChI is InChI=1S/C13H18BrN2OSi/c1-18(2,3)7-6-17-10-16-9-15-12-8-11(14)4-5-13(12)16/h4-5,8H,6-7,10H2,1-3H3. The highest BCUT2D eigenvalue weighted by Gasteiger charge is 2.12. The van der Waals surface area contributed by atoms with E-state index in [0.717, 1.165) is 22.1 Å². The van der Waals surface area contributed by atoms with Gasteiger partial charge >= 0.3 is 0 Å². The van der Waals surface area contributed by atoms with E-state index < -0.39 is 8.07 Å². The van der Waals surface area contributed by atoms with Gasteiger partial charge in [0.25, 0.3) is 0 Å². The van der Waals surface area contributed by atoms with Crippen molar-refractivity contribution in [2.45, 2.75) is 32.4 Å². The van der Waals surface area contributed by atoms with Crippen LogP contribution in [0.4, 0.5) is 0 Å². The summed E-state index contributed by atoms with van der Waals surface area (Å²) in [6, 6.07) is 7.22. The molecule has 0 amide bonds. The first kappa shape index (κ1) is 13.8. The van der Waals surface area contributed by atoms with Crippen LogP contribution in [-0.4, -0.2) is 24.2 Å². The van der Waals surface area contributed by atoms with Gasteiger partial charge in [-0.25, -0.2) is 4.98 Å². The average molecular weight is 326 g/mol. The molecule has 5 heteroatoms. The second kappa shape index (κ2) is 5.55. The molecule has 1 aromatic heterocycles. The highest BCUT2D eigenvalue weighted by molar-refractivity contribution is 9.10. The number of aromatic nitrogens is 2. The largest absolute Gasteiger partial charge is 0.361 e. The monoisotopic (exact) mass is 325 g/mol. The van der Waals surface area contributed by atoms with Crippen molar-refractivity contribution in [1.29, 1.82) is 0 Å². The summed E-state index contributed by atoms with van der Waals surface area (Å²) in [4.78, 5) is 4.24. The third-order valence-corrected chi connectivity index (χ3v) is 4.93. The summed E-state index contributed by atoms with van der Waals surface area (Å²) in [5.41, 5.74) is 2.00. The molecular weight excluding hydrogens is 308 g/mol. The van der Waals surface area contributed by atoms with E-state index in [4.69, 9.17) is 4.74 Å². The van der Waals surface area contributed by atoms with Gasteiger partial charge in [0.1, 0.15) is 6.73 Å². The van der Waals surface area contributed by atoms with E-state index in [9.17, 15) is 0 Å². The molecule has 0 aliphatic rings. The first-order chi connectivity index (χ1) is 8.46. The van der Waals surface area contributed by atoms with E-state index in [2.05, 4.69) is 46.9 Å². The van der Waals surface area contributed by atoms with Crippen LogP contribution in [0.2, 0.25) is 25.7 Å². The van der Waals surface area contributed by atoms with E-state index in [1.165, 1.54) is 6.04 Å². The van der Waals surface area contributed by atoms with Gasteiger partial charge < -0.3 is 4.74 Å². The fourth-order valence-electron chi connectivity index (χ4n) is 1.62. The molecule has 0 bridgehead atoms. The molecule has 0 atom stereocenters. The minimum atomic E-state index is -1.01. The summed E-state index contributed by atoms with van der Waals surface area (Å²) in [5.74, 6) is 0. The zero-order valence-corrected chi connectivity index (χ0v) is 13.6. The van der Waals surface area contributed by atoms with E-state index in [1.807, 2.05) is 22.8 Å². The summed E-state index contributed by atoms with van der Waals surface area (Å²) in [6.07, 6.45) is 2.97. The van der Waals surface area contributed by atoms with E-state index >= 15 is 0 Å². The molecule has 0 aliphatic heterocycles. The quantitative estimate of drug-likeness (QED) is 0.615. The summed E-state index contributed by atoms with van der Waals surface area (Å²) >= 11 is 3.44. The minimum absolute atomic E-state index is 0.530. The Labute approximate surface area is 117 Å². The number of fused-ring (bicyclic) bond motifs is 1. The second-order valence-electron chi connectivity index (χ2n) is 5.62. The van der Waals surface area contributed by atoms with Gasteiger partial charge in [-0.2, -0.15) is 0 Å². The third-order valence-electron chi connectivity index (χ3n) is 2.74. The van der Waals surface area contributed by atoms with Crippen LogP contribution in [0.3, 0.4) is 0 Å². The SMILES string of the molecule is C[Si](C)(C)CCOCn1[c]nc2cc(Br)ccc21. The van der Waals surface area contributed by atoms with E-state index in [-0.39, 0.29) is 0 Å². The zero-order chi connectivity index (χ0) is 13.2. The molecule has 3 nitrogen and oxygen atoms in total. The van der Waals surface area contributed by atoms with Crippen molar-refractivity contribution >= 4 is 35.0 Å². The Balaban J connectivity index is 1.96. The van der Waals surface area contributed by atoms with Crippen LogP contribution in [-0.2, 0) is 11.5 Å². The molecule has 1 radical (unpaired) electrons. The fraction of sp³-hybridized carbons (Fsp3) is 0.462. The fourth-order valence-corrected chi connectivity index (χ4v) is 2.72. The Hall–Kier alpha value is -0.653. The number of benzene rings is 1. The van der Waals surface area contributed by atoms with Gasteiger partial charge in [-0.1, -0.05) is 35.6 Å². The number of imidazole rings is 1. The van der Waals surface area contributed by atoms with E-state index in [1.54, 1.807) is 0 Å². The lowest BCUT2D eigenvalue weighted by Crippen LogP contribution is -2.21. The van der Waals surface area contributed by atoms with Crippen molar-refractivity contribution in [2.75, 3.05) is 6.61 Å². The molecule has 0 aliphatic carbocycles. The maximum Gasteiger partial charge on any atom is 0.179 e. The molecule has 0 spiro atoms. The summed E-state index contributed by atoms with van der Waals surface area (Å²) in [5, 5.41) is 0. The molecule has 2 rings (SSSR count). The van der Waals surface area contributed by atoms with Gasteiger partial charge in [-0.15, -0.1) is 0 Å². The van der Waals surface area contributed by atoms with Crippen LogP contribution in [0, 0.1) is 6.33 Å². The first-order valence-electron chi connectivity index (χ1n) is 6.07. The normalized spacial score (nSPS) is 12.2. The Morgan fingerprint density at radius 2 is 2.17 bits per heavy atom. The van der Waals surface area contributed by atoms with Crippen LogP contribution in [0.1, 0.15) is 0 Å². The van der Waals surface area contributed by atoms with Crippen LogP contribution in [0.15, 0.2) is 22.7 Å². The molecule has 0 saturated heterocycles. The van der Waals surface area contributed by atoms with Crippen molar-refractivity contribution in [3.63, 3.8) is 0 Å². The van der Waals surface area contributed by atoms with Gasteiger partial charge in [-0.05, 0) is 24.2 Å². The second-order valence-corrected chi connectivity index (χ2v) is 12.2. The molecule has 0 N–H and O–H groups in total. The van der Waals surface area contributed by atoms with E-state index in [0.29, 0.717) is 6.73 Å². The lowest BCUT2D eigenvalue weighted by Gasteiger charge is -2.15. The number of nitrogens with zero attached hydrogens (tertiary/aromatic N) is 2. The highest BCUT2D eigenvalue weighted by Crippen LogP contribution is 2.18. The average Bonchev–Trinajstić information content (AvgIpc) is 2.65. The molecule has 18 heavy (non-hydrogen) atoms. The topological polar surface area (TPSA) is 27.1 Å². The smallest absolute Gasteiger partial charge is 0.179 e. The summed E-state index contributed by atoms with van der Waals surface area (Å²) < 4.78 is 8.67. The lowest BCUT2D eigenvalue weighted by atomic mass is 10.3. The molecule has 0 saturated carbocycles. The van der Waals surface area contributed by atoms with Crippen molar-refractivity contribution in [3.8, 4) is 0 Å². The van der Waals surface area contributed by atoms with Gasteiger partial charge in [0.15, 0.2) is 6.33 Å². The lowest BCUT2D eigenvalue weighted by molar-refractivity contribution is 0.0893. The van der Waals surface area contributed by atoms with Gasteiger partial charge in [0, 0.05) is 19.2 Å². The molecule has 97 valence electrons. The minimum Gasteiger partial charge on any atom is -0.361 e. The Morgan fingerprint density at radius 1 is 1.39 bits per heavy atom. The first-order valence-corrected chi connectivity index (χ1v) is 10.6. The molecule has 2 aromatic rings. The molecule has 0 fully saturated rings. The molecule has 1 heterocycles. The third kappa shape index (κ3) is 3.67. The number of hydrogen-bond donors (Lipinski definition) is 0. The summed E-state index contributed by atoms with van der Waals surface area (Å²) in [7, 11) is -1.01. The predicted molar refractivity (Wildman–Crippen MR) is 80.4 cm³/mol. The molecular formula is C13H18BrN2OSi. The highest BCUT2D eigenvalue weighted by atomic mass is 79.9. The van der Waals surface area contributed by atoms with Gasteiger partial charge in [0.2, 0.25) is 0 Å². The summed E-state index contributed by atoms with van der Waals surface area (Å²) in [6.45, 7) is 8.41. The van der Waals surface area contributed by atoms with Crippen LogP contribution in [0.5, 0.6) is 0 Å². The van der Waals surface area contributed by atoms with Gasteiger partial charge in [0.05, 0.1) is 11.0 Å². The van der Waals surface area contributed by atoms with Crippen LogP contribution in [0.25, 0.3) is 11.0 Å². The van der Waals surface area contributed by atoms with Crippen molar-refractivity contribution < 1.29 is 4.74 Å². The maximum atomic E-state index is 5.71. The number of hydrogen-bond acceptors (Lipinski definition) is 2. The Morgan fingerprint density at radius 3 is 2.89 bits per heavy atom. The van der Waals surface area contributed by atoms with Crippen LogP contribution >= 0.6 is 15.9 Å². The number of ether oxygens (including phenoxy) is 1. The molecule has 0 unspecified atom stereocenters. The van der Waals surface area contributed by atoms with Crippen LogP contribution < -0.4 is 0 Å². The predicted octanol–water partition coefficient (Wildman–Crippen LogP) is 3.91. The number of halogens is 1. The van der Waals surface area contributed by atoms with Crippen molar-refractivity contribution in [2.24, 2.45) is 0 Å². The number of rotatable bonds is 5. The maximum absolute atomic E-state index is 5.71. The molecule has 1 aromatic carbocycles. The van der Waals surface area contributed by atoms with Crippen molar-refractivity contribution in [1.82, 2.24) is 9.55 Å².